The lowest BCUT2D eigenvalue weighted by molar-refractivity contribution is 0.00233. The van der Waals surface area contributed by atoms with Crippen molar-refractivity contribution in [3.8, 4) is 0 Å². The summed E-state index contributed by atoms with van der Waals surface area (Å²) < 4.78 is 0. The summed E-state index contributed by atoms with van der Waals surface area (Å²) in [5, 5.41) is 10.1. The molecule has 2 fully saturated rings. The van der Waals surface area contributed by atoms with Gasteiger partial charge in [-0.15, -0.1) is 0 Å². The quantitative estimate of drug-likeness (QED) is 0.811. The van der Waals surface area contributed by atoms with Gasteiger partial charge in [0.2, 0.25) is 0 Å². The molecule has 1 N–H and O–H groups in total. The van der Waals surface area contributed by atoms with Crippen LogP contribution in [0, 0.1) is 5.92 Å². The number of hydrogen-bond donors (Lipinski definition) is 1. The molecule has 0 bridgehead atoms. The van der Waals surface area contributed by atoms with Gasteiger partial charge in [-0.25, -0.2) is 0 Å². The van der Waals surface area contributed by atoms with Gasteiger partial charge in [-0.2, -0.15) is 0 Å². The number of rotatable bonds is 3. The van der Waals surface area contributed by atoms with Gasteiger partial charge in [-0.1, -0.05) is 12.8 Å². The summed E-state index contributed by atoms with van der Waals surface area (Å²) in [6.45, 7) is 3.61. The molecule has 1 heterocycles. The van der Waals surface area contributed by atoms with E-state index in [1.165, 1.54) is 51.7 Å². The molecule has 0 radical (unpaired) electrons. The molecule has 0 unspecified atom stereocenters. The van der Waals surface area contributed by atoms with Crippen LogP contribution in [0.15, 0.2) is 0 Å². The van der Waals surface area contributed by atoms with Crippen LogP contribution in [0.4, 0.5) is 0 Å². The molecule has 17 heavy (non-hydrogen) atoms. The van der Waals surface area contributed by atoms with Crippen molar-refractivity contribution >= 4 is 0 Å². The second kappa shape index (κ2) is 6.17. The molecule has 1 saturated heterocycles. The summed E-state index contributed by atoms with van der Waals surface area (Å²) in [7, 11) is 4.33. The first-order valence-electron chi connectivity index (χ1n) is 7.23. The smallest absolute Gasteiger partial charge is 0.0695 e. The highest BCUT2D eigenvalue weighted by Crippen LogP contribution is 2.27. The van der Waals surface area contributed by atoms with Gasteiger partial charge in [0.25, 0.3) is 0 Å². The number of piperidine rings is 1. The molecule has 3 heteroatoms. The van der Waals surface area contributed by atoms with E-state index in [4.69, 9.17) is 0 Å². The predicted molar refractivity (Wildman–Crippen MR) is 71.1 cm³/mol. The first kappa shape index (κ1) is 13.3. The van der Waals surface area contributed by atoms with E-state index in [1.54, 1.807) is 0 Å². The van der Waals surface area contributed by atoms with E-state index in [0.717, 1.165) is 12.3 Å². The SMILES string of the molecule is CN(C)CC1CCN([C@@H]2CCCC[C@H]2O)CC1. The van der Waals surface area contributed by atoms with Crippen LogP contribution in [-0.4, -0.2) is 60.8 Å². The van der Waals surface area contributed by atoms with Crippen molar-refractivity contribution in [2.45, 2.75) is 50.7 Å². The van der Waals surface area contributed by atoms with Crippen molar-refractivity contribution in [3.05, 3.63) is 0 Å². The Hall–Kier alpha value is -0.120. The zero-order chi connectivity index (χ0) is 12.3. The molecule has 100 valence electrons. The van der Waals surface area contributed by atoms with Gasteiger partial charge < -0.3 is 10.0 Å². The van der Waals surface area contributed by atoms with Crippen LogP contribution in [0.3, 0.4) is 0 Å². The first-order chi connectivity index (χ1) is 8.16. The summed E-state index contributed by atoms with van der Waals surface area (Å²) in [5.74, 6) is 0.863. The van der Waals surface area contributed by atoms with E-state index in [9.17, 15) is 5.11 Å². The maximum absolute atomic E-state index is 10.1. The molecule has 1 aliphatic carbocycles. The molecule has 0 spiro atoms. The minimum Gasteiger partial charge on any atom is -0.391 e. The van der Waals surface area contributed by atoms with Gasteiger partial charge in [-0.05, 0) is 58.8 Å². The summed E-state index contributed by atoms with van der Waals surface area (Å²) >= 11 is 0. The van der Waals surface area contributed by atoms with Crippen molar-refractivity contribution in [2.75, 3.05) is 33.7 Å². The lowest BCUT2D eigenvalue weighted by Crippen LogP contribution is -2.49. The molecular weight excluding hydrogens is 212 g/mol. The van der Waals surface area contributed by atoms with Crippen molar-refractivity contribution in [1.82, 2.24) is 9.80 Å². The van der Waals surface area contributed by atoms with Crippen LogP contribution in [-0.2, 0) is 0 Å². The summed E-state index contributed by atoms with van der Waals surface area (Å²) in [4.78, 5) is 4.85. The molecular formula is C14H28N2O. The second-order valence-corrected chi connectivity index (χ2v) is 6.16. The summed E-state index contributed by atoms with van der Waals surface area (Å²) in [5.41, 5.74) is 0. The fourth-order valence-corrected chi connectivity index (χ4v) is 3.50. The minimum atomic E-state index is -0.0610. The minimum absolute atomic E-state index is 0.0610. The highest BCUT2D eigenvalue weighted by Gasteiger charge is 2.31. The summed E-state index contributed by atoms with van der Waals surface area (Å²) in [6.07, 6.45) is 7.30. The van der Waals surface area contributed by atoms with Gasteiger partial charge >= 0.3 is 0 Å². The average Bonchev–Trinajstić information content (AvgIpc) is 2.30. The molecule has 0 amide bonds. The molecule has 1 aliphatic heterocycles. The van der Waals surface area contributed by atoms with Crippen LogP contribution in [0.25, 0.3) is 0 Å². The van der Waals surface area contributed by atoms with Gasteiger partial charge in [0.15, 0.2) is 0 Å². The zero-order valence-corrected chi connectivity index (χ0v) is 11.4. The van der Waals surface area contributed by atoms with Crippen LogP contribution < -0.4 is 0 Å². The van der Waals surface area contributed by atoms with Crippen molar-refractivity contribution in [2.24, 2.45) is 5.92 Å². The zero-order valence-electron chi connectivity index (χ0n) is 11.4. The maximum Gasteiger partial charge on any atom is 0.0695 e. The number of nitrogens with zero attached hydrogens (tertiary/aromatic N) is 2. The Labute approximate surface area is 106 Å². The van der Waals surface area contributed by atoms with Crippen LogP contribution in [0.2, 0.25) is 0 Å². The highest BCUT2D eigenvalue weighted by atomic mass is 16.3. The third-order valence-corrected chi connectivity index (χ3v) is 4.44. The normalized spacial score (nSPS) is 33.2. The molecule has 2 aliphatic rings. The second-order valence-electron chi connectivity index (χ2n) is 6.16. The van der Waals surface area contributed by atoms with Crippen molar-refractivity contribution in [1.29, 1.82) is 0 Å². The molecule has 0 aromatic heterocycles. The molecule has 2 rings (SSSR count). The van der Waals surface area contributed by atoms with E-state index >= 15 is 0 Å². The van der Waals surface area contributed by atoms with Crippen molar-refractivity contribution in [3.63, 3.8) is 0 Å². The summed E-state index contributed by atoms with van der Waals surface area (Å²) in [6, 6.07) is 0.462. The van der Waals surface area contributed by atoms with Gasteiger partial charge in [-0.3, -0.25) is 4.90 Å². The molecule has 0 aromatic carbocycles. The monoisotopic (exact) mass is 240 g/mol. The van der Waals surface area contributed by atoms with E-state index in [0.29, 0.717) is 6.04 Å². The maximum atomic E-state index is 10.1. The Morgan fingerprint density at radius 1 is 1.06 bits per heavy atom. The van der Waals surface area contributed by atoms with Gasteiger partial charge in [0.1, 0.15) is 0 Å². The molecule has 3 nitrogen and oxygen atoms in total. The fourth-order valence-electron chi connectivity index (χ4n) is 3.50. The number of aliphatic hydroxyl groups excluding tert-OH is 1. The number of hydrogen-bond acceptors (Lipinski definition) is 3. The Morgan fingerprint density at radius 3 is 2.29 bits per heavy atom. The first-order valence-corrected chi connectivity index (χ1v) is 7.23. The van der Waals surface area contributed by atoms with E-state index in [-0.39, 0.29) is 6.10 Å². The Kier molecular flexibility index (Phi) is 4.83. The highest BCUT2D eigenvalue weighted by molar-refractivity contribution is 4.86. The third-order valence-electron chi connectivity index (χ3n) is 4.44. The third kappa shape index (κ3) is 3.67. The van der Waals surface area contributed by atoms with Gasteiger partial charge in [0.05, 0.1) is 6.10 Å². The topological polar surface area (TPSA) is 26.7 Å². The van der Waals surface area contributed by atoms with E-state index in [1.807, 2.05) is 0 Å². The standard InChI is InChI=1S/C14H28N2O/c1-15(2)11-12-7-9-16(10-8-12)13-5-3-4-6-14(13)17/h12-14,17H,3-11H2,1-2H3/t13-,14-/m1/s1. The number of likely N-dealkylation sites (tertiary alicyclic amines) is 1. The van der Waals surface area contributed by atoms with Crippen LogP contribution >= 0.6 is 0 Å². The van der Waals surface area contributed by atoms with Gasteiger partial charge in [0, 0.05) is 12.6 Å². The predicted octanol–water partition coefficient (Wildman–Crippen LogP) is 1.56. The molecule has 2 atom stereocenters. The van der Waals surface area contributed by atoms with E-state index < -0.39 is 0 Å². The van der Waals surface area contributed by atoms with E-state index in [2.05, 4.69) is 23.9 Å². The lowest BCUT2D eigenvalue weighted by atomic mass is 9.88. The largest absolute Gasteiger partial charge is 0.391 e. The Morgan fingerprint density at radius 2 is 1.71 bits per heavy atom. The molecule has 1 saturated carbocycles. The Bertz CT molecular complexity index is 224. The van der Waals surface area contributed by atoms with Crippen LogP contribution in [0.5, 0.6) is 0 Å². The fraction of sp³-hybridized carbons (Fsp3) is 1.00. The molecule has 0 aromatic rings. The lowest BCUT2D eigenvalue weighted by Gasteiger charge is -2.42. The number of aliphatic hydroxyl groups is 1. The van der Waals surface area contributed by atoms with Crippen LogP contribution in [0.1, 0.15) is 38.5 Å². The van der Waals surface area contributed by atoms with Crippen molar-refractivity contribution < 1.29 is 5.11 Å². The average molecular weight is 240 g/mol. The Balaban J connectivity index is 1.78.